The van der Waals surface area contributed by atoms with Crippen molar-refractivity contribution in [2.45, 2.75) is 11.3 Å². The number of aliphatic carboxylic acids is 1. The van der Waals surface area contributed by atoms with Crippen molar-refractivity contribution >= 4 is 44.9 Å². The van der Waals surface area contributed by atoms with Crippen LogP contribution in [0.5, 0.6) is 0 Å². The molecule has 1 atom stereocenters. The fraction of sp³-hybridized carbons (Fsp3) is 0.385. The summed E-state index contributed by atoms with van der Waals surface area (Å²) in [7, 11) is -3.61. The van der Waals surface area contributed by atoms with Gasteiger partial charge in [0.1, 0.15) is 0 Å². The summed E-state index contributed by atoms with van der Waals surface area (Å²) >= 11 is 11.8. The average molecular weight is 366 g/mol. The Hall–Kier alpha value is -1.31. The molecule has 22 heavy (non-hydrogen) atoms. The zero-order chi connectivity index (χ0) is 16.7. The highest BCUT2D eigenvalue weighted by molar-refractivity contribution is 7.90. The summed E-state index contributed by atoms with van der Waals surface area (Å²) in [5.41, 5.74) is -0.00229. The average Bonchev–Trinajstić information content (AvgIpc) is 2.86. The van der Waals surface area contributed by atoms with Gasteiger partial charge < -0.3 is 10.0 Å². The Morgan fingerprint density at radius 3 is 2.41 bits per heavy atom. The van der Waals surface area contributed by atoms with E-state index in [9.17, 15) is 18.0 Å². The van der Waals surface area contributed by atoms with Crippen LogP contribution in [0.15, 0.2) is 17.0 Å². The van der Waals surface area contributed by atoms with Gasteiger partial charge in [-0.2, -0.15) is 0 Å². The van der Waals surface area contributed by atoms with Gasteiger partial charge in [-0.05, 0) is 18.6 Å². The van der Waals surface area contributed by atoms with Crippen molar-refractivity contribution in [3.05, 3.63) is 27.7 Å². The lowest BCUT2D eigenvalue weighted by Crippen LogP contribution is -2.30. The molecule has 1 amide bonds. The van der Waals surface area contributed by atoms with E-state index in [-0.39, 0.29) is 33.6 Å². The molecular formula is C13H13Cl2NO5S. The normalized spacial score (nSPS) is 18.5. The van der Waals surface area contributed by atoms with Crippen LogP contribution in [0.2, 0.25) is 10.0 Å². The number of hydrogen-bond donors (Lipinski definition) is 1. The van der Waals surface area contributed by atoms with Gasteiger partial charge in [0.2, 0.25) is 0 Å². The van der Waals surface area contributed by atoms with E-state index in [4.69, 9.17) is 28.3 Å². The second-order valence-electron chi connectivity index (χ2n) is 5.11. The van der Waals surface area contributed by atoms with Crippen LogP contribution in [0.1, 0.15) is 16.8 Å². The highest BCUT2D eigenvalue weighted by Crippen LogP contribution is 2.30. The third-order valence-corrected chi connectivity index (χ3v) is 5.35. The number of hydrogen-bond acceptors (Lipinski definition) is 4. The van der Waals surface area contributed by atoms with Gasteiger partial charge in [-0.1, -0.05) is 23.2 Å². The summed E-state index contributed by atoms with van der Waals surface area (Å²) in [6.45, 7) is 0.351. The summed E-state index contributed by atoms with van der Waals surface area (Å²) < 4.78 is 23.3. The van der Waals surface area contributed by atoms with Crippen molar-refractivity contribution in [1.82, 2.24) is 4.90 Å². The first-order chi connectivity index (χ1) is 10.1. The summed E-state index contributed by atoms with van der Waals surface area (Å²) in [5.74, 6) is -2.09. The lowest BCUT2D eigenvalue weighted by atomic mass is 10.1. The van der Waals surface area contributed by atoms with E-state index in [1.165, 1.54) is 11.0 Å². The van der Waals surface area contributed by atoms with E-state index in [2.05, 4.69) is 0 Å². The van der Waals surface area contributed by atoms with Crippen LogP contribution in [0.25, 0.3) is 0 Å². The van der Waals surface area contributed by atoms with Crippen LogP contribution >= 0.6 is 23.2 Å². The number of benzene rings is 1. The van der Waals surface area contributed by atoms with Crippen molar-refractivity contribution in [2.75, 3.05) is 19.3 Å². The highest BCUT2D eigenvalue weighted by atomic mass is 35.5. The first-order valence-corrected chi connectivity index (χ1v) is 8.97. The van der Waals surface area contributed by atoms with Crippen LogP contribution in [-0.4, -0.2) is 49.6 Å². The Bertz CT molecular complexity index is 747. The van der Waals surface area contributed by atoms with Crippen LogP contribution in [0.4, 0.5) is 0 Å². The topological polar surface area (TPSA) is 91.8 Å². The van der Waals surface area contributed by atoms with Crippen molar-refractivity contribution in [1.29, 1.82) is 0 Å². The summed E-state index contributed by atoms with van der Waals surface area (Å²) in [4.78, 5) is 24.5. The number of carboxylic acid groups (broad SMARTS) is 1. The second-order valence-corrected chi connectivity index (χ2v) is 7.91. The molecule has 1 N–H and O–H groups in total. The first-order valence-electron chi connectivity index (χ1n) is 6.32. The summed E-state index contributed by atoms with van der Waals surface area (Å²) in [6.07, 6.45) is 1.33. The van der Waals surface area contributed by atoms with Gasteiger partial charge in [0.25, 0.3) is 5.91 Å². The molecule has 1 fully saturated rings. The molecule has 0 aliphatic carbocycles. The number of carbonyl (C=O) groups excluding carboxylic acids is 1. The van der Waals surface area contributed by atoms with Crippen LogP contribution in [0.3, 0.4) is 0 Å². The number of rotatable bonds is 3. The van der Waals surface area contributed by atoms with E-state index in [1.807, 2.05) is 0 Å². The monoisotopic (exact) mass is 365 g/mol. The second kappa shape index (κ2) is 6.06. The molecule has 1 aromatic carbocycles. The maximum absolute atomic E-state index is 12.4. The molecule has 2 rings (SSSR count). The first kappa shape index (κ1) is 17.1. The van der Waals surface area contributed by atoms with Gasteiger partial charge in [-0.15, -0.1) is 0 Å². The maximum Gasteiger partial charge on any atom is 0.308 e. The zero-order valence-corrected chi connectivity index (χ0v) is 13.9. The van der Waals surface area contributed by atoms with E-state index in [0.717, 1.165) is 12.3 Å². The largest absolute Gasteiger partial charge is 0.481 e. The third kappa shape index (κ3) is 3.37. The quantitative estimate of drug-likeness (QED) is 0.883. The Morgan fingerprint density at radius 1 is 1.27 bits per heavy atom. The van der Waals surface area contributed by atoms with Gasteiger partial charge in [0.05, 0.1) is 26.4 Å². The molecule has 1 saturated heterocycles. The number of amides is 1. The molecule has 120 valence electrons. The number of likely N-dealkylation sites (tertiary alicyclic amines) is 1. The molecule has 1 aliphatic heterocycles. The van der Waals surface area contributed by atoms with Gasteiger partial charge in [-0.3, -0.25) is 9.59 Å². The predicted octanol–water partition coefficient (Wildman–Crippen LogP) is 1.94. The lowest BCUT2D eigenvalue weighted by Gasteiger charge is -2.17. The van der Waals surface area contributed by atoms with Crippen molar-refractivity contribution in [2.24, 2.45) is 5.92 Å². The fourth-order valence-electron chi connectivity index (χ4n) is 2.29. The minimum absolute atomic E-state index is 0.00229. The Balaban J connectivity index is 2.37. The zero-order valence-electron chi connectivity index (χ0n) is 11.5. The van der Waals surface area contributed by atoms with Crippen molar-refractivity contribution in [3.63, 3.8) is 0 Å². The highest BCUT2D eigenvalue weighted by Gasteiger charge is 2.32. The number of carbonyl (C=O) groups is 2. The van der Waals surface area contributed by atoms with Crippen LogP contribution < -0.4 is 0 Å². The molecule has 9 heteroatoms. The van der Waals surface area contributed by atoms with Crippen molar-refractivity contribution < 1.29 is 23.1 Å². The van der Waals surface area contributed by atoms with Crippen LogP contribution in [0, 0.1) is 5.92 Å². The number of nitrogens with zero attached hydrogens (tertiary/aromatic N) is 1. The summed E-state index contributed by atoms with van der Waals surface area (Å²) in [6, 6.07) is 2.34. The molecule has 0 spiro atoms. The molecule has 0 bridgehead atoms. The minimum Gasteiger partial charge on any atom is -0.481 e. The van der Waals surface area contributed by atoms with Gasteiger partial charge in [0.15, 0.2) is 9.84 Å². The molecule has 6 nitrogen and oxygen atoms in total. The minimum atomic E-state index is -3.61. The predicted molar refractivity (Wildman–Crippen MR) is 81.2 cm³/mol. The van der Waals surface area contributed by atoms with Gasteiger partial charge >= 0.3 is 5.97 Å². The summed E-state index contributed by atoms with van der Waals surface area (Å²) in [5, 5.41) is 8.93. The molecule has 1 aromatic rings. The molecule has 0 saturated carbocycles. The fourth-order valence-corrected chi connectivity index (χ4v) is 3.92. The van der Waals surface area contributed by atoms with Gasteiger partial charge in [0, 0.05) is 19.3 Å². The van der Waals surface area contributed by atoms with Crippen LogP contribution in [-0.2, 0) is 14.6 Å². The molecule has 1 heterocycles. The van der Waals surface area contributed by atoms with E-state index in [1.54, 1.807) is 0 Å². The van der Waals surface area contributed by atoms with E-state index < -0.39 is 27.6 Å². The SMILES string of the molecule is CS(=O)(=O)c1cc(C(=O)N2CCC(C(=O)O)C2)c(Cl)cc1Cl. The smallest absolute Gasteiger partial charge is 0.308 e. The molecule has 1 unspecified atom stereocenters. The standard InChI is InChI=1S/C13H13Cl2NO5S/c1-22(20,21)11-4-8(9(14)5-10(11)15)12(17)16-3-2-7(6-16)13(18)19/h4-5,7H,2-3,6H2,1H3,(H,18,19). The molecule has 0 radical (unpaired) electrons. The number of halogens is 2. The number of carboxylic acids is 1. The van der Waals surface area contributed by atoms with Crippen molar-refractivity contribution in [3.8, 4) is 0 Å². The number of sulfone groups is 1. The van der Waals surface area contributed by atoms with Gasteiger partial charge in [-0.25, -0.2) is 8.42 Å². The van der Waals surface area contributed by atoms with E-state index in [0.29, 0.717) is 6.42 Å². The Labute approximate surface area is 137 Å². The Morgan fingerprint density at radius 2 is 1.91 bits per heavy atom. The maximum atomic E-state index is 12.4. The molecular weight excluding hydrogens is 353 g/mol. The van der Waals surface area contributed by atoms with E-state index >= 15 is 0 Å². The Kier molecular flexibility index (Phi) is 4.70. The molecule has 0 aromatic heterocycles. The lowest BCUT2D eigenvalue weighted by molar-refractivity contribution is -0.141. The molecule has 1 aliphatic rings. The third-order valence-electron chi connectivity index (χ3n) is 3.48.